The summed E-state index contributed by atoms with van der Waals surface area (Å²) in [5, 5.41) is 2.49. The lowest BCUT2D eigenvalue weighted by Crippen LogP contribution is -2.48. The highest BCUT2D eigenvalue weighted by Gasteiger charge is 2.20. The number of amides is 3. The molecule has 0 aromatic heterocycles. The van der Waals surface area contributed by atoms with Crippen LogP contribution in [0.15, 0.2) is 30.3 Å². The SMILES string of the molecule is NC(=O)NCCCC(=O)N1CCN(c2ccccc2)CC1. The van der Waals surface area contributed by atoms with Gasteiger partial charge in [-0.1, -0.05) is 18.2 Å². The molecular weight excluding hydrogens is 268 g/mol. The molecule has 21 heavy (non-hydrogen) atoms. The summed E-state index contributed by atoms with van der Waals surface area (Å²) in [7, 11) is 0. The van der Waals surface area contributed by atoms with Crippen LogP contribution >= 0.6 is 0 Å². The summed E-state index contributed by atoms with van der Waals surface area (Å²) in [6, 6.07) is 9.69. The number of para-hydroxylation sites is 1. The van der Waals surface area contributed by atoms with Crippen LogP contribution in [0.25, 0.3) is 0 Å². The van der Waals surface area contributed by atoms with Crippen molar-refractivity contribution in [2.24, 2.45) is 5.73 Å². The molecule has 0 saturated carbocycles. The van der Waals surface area contributed by atoms with Crippen molar-refractivity contribution in [1.29, 1.82) is 0 Å². The third-order valence-electron chi connectivity index (χ3n) is 3.62. The molecule has 2 rings (SSSR count). The first-order valence-corrected chi connectivity index (χ1v) is 7.28. The van der Waals surface area contributed by atoms with E-state index in [2.05, 4.69) is 22.3 Å². The van der Waals surface area contributed by atoms with Crippen molar-refractivity contribution in [3.8, 4) is 0 Å². The molecule has 114 valence electrons. The Morgan fingerprint density at radius 1 is 1.10 bits per heavy atom. The van der Waals surface area contributed by atoms with Crippen molar-refractivity contribution in [2.45, 2.75) is 12.8 Å². The average Bonchev–Trinajstić information content (AvgIpc) is 2.52. The second-order valence-electron chi connectivity index (χ2n) is 5.10. The minimum Gasteiger partial charge on any atom is -0.368 e. The summed E-state index contributed by atoms with van der Waals surface area (Å²) in [6.07, 6.45) is 1.08. The zero-order valence-electron chi connectivity index (χ0n) is 12.1. The molecule has 1 aromatic rings. The van der Waals surface area contributed by atoms with E-state index in [4.69, 9.17) is 5.73 Å². The molecule has 3 amide bonds. The normalized spacial score (nSPS) is 14.9. The van der Waals surface area contributed by atoms with Crippen LogP contribution in [-0.4, -0.2) is 49.6 Å². The molecule has 0 spiro atoms. The third-order valence-corrected chi connectivity index (χ3v) is 3.62. The van der Waals surface area contributed by atoms with Crippen LogP contribution in [0.3, 0.4) is 0 Å². The first kappa shape index (κ1) is 15.2. The van der Waals surface area contributed by atoms with Crippen LogP contribution in [0.2, 0.25) is 0 Å². The quantitative estimate of drug-likeness (QED) is 0.787. The number of anilines is 1. The highest BCUT2D eigenvalue weighted by atomic mass is 16.2. The Hall–Kier alpha value is -2.24. The first-order chi connectivity index (χ1) is 10.2. The maximum absolute atomic E-state index is 12.0. The van der Waals surface area contributed by atoms with Crippen LogP contribution in [0, 0.1) is 0 Å². The van der Waals surface area contributed by atoms with E-state index in [1.54, 1.807) is 0 Å². The minimum absolute atomic E-state index is 0.147. The maximum atomic E-state index is 12.0. The fourth-order valence-electron chi connectivity index (χ4n) is 2.46. The van der Waals surface area contributed by atoms with Crippen molar-refractivity contribution in [3.05, 3.63) is 30.3 Å². The zero-order chi connectivity index (χ0) is 15.1. The van der Waals surface area contributed by atoms with Gasteiger partial charge in [0.2, 0.25) is 5.91 Å². The fourth-order valence-corrected chi connectivity index (χ4v) is 2.46. The van der Waals surface area contributed by atoms with Gasteiger partial charge in [0.05, 0.1) is 0 Å². The molecule has 1 saturated heterocycles. The van der Waals surface area contributed by atoms with Gasteiger partial charge in [0.1, 0.15) is 0 Å². The van der Waals surface area contributed by atoms with E-state index >= 15 is 0 Å². The first-order valence-electron chi connectivity index (χ1n) is 7.28. The molecule has 1 aliphatic heterocycles. The van der Waals surface area contributed by atoms with Crippen molar-refractivity contribution in [2.75, 3.05) is 37.6 Å². The van der Waals surface area contributed by atoms with Crippen LogP contribution in [0.1, 0.15) is 12.8 Å². The monoisotopic (exact) mass is 290 g/mol. The lowest BCUT2D eigenvalue weighted by Gasteiger charge is -2.36. The number of nitrogens with zero attached hydrogens (tertiary/aromatic N) is 2. The molecule has 1 fully saturated rings. The predicted octanol–water partition coefficient (Wildman–Crippen LogP) is 0.784. The number of carbonyl (C=O) groups is 2. The van der Waals surface area contributed by atoms with Crippen LogP contribution in [0.4, 0.5) is 10.5 Å². The second-order valence-corrected chi connectivity index (χ2v) is 5.10. The summed E-state index contributed by atoms with van der Waals surface area (Å²) in [5.74, 6) is 0.147. The fraction of sp³-hybridized carbons (Fsp3) is 0.467. The highest BCUT2D eigenvalue weighted by molar-refractivity contribution is 5.76. The number of nitrogens with one attached hydrogen (secondary N) is 1. The molecule has 1 aromatic carbocycles. The van der Waals surface area contributed by atoms with E-state index in [0.717, 1.165) is 26.2 Å². The largest absolute Gasteiger partial charge is 0.368 e. The molecule has 3 N–H and O–H groups in total. The number of primary amides is 1. The standard InChI is InChI=1S/C15H22N4O2/c16-15(21)17-8-4-7-14(20)19-11-9-18(10-12-19)13-5-2-1-3-6-13/h1-3,5-6H,4,7-12H2,(H3,16,17,21). The minimum atomic E-state index is -0.543. The lowest BCUT2D eigenvalue weighted by atomic mass is 10.2. The van der Waals surface area contributed by atoms with E-state index in [9.17, 15) is 9.59 Å². The van der Waals surface area contributed by atoms with Crippen molar-refractivity contribution in [1.82, 2.24) is 10.2 Å². The highest BCUT2D eigenvalue weighted by Crippen LogP contribution is 2.15. The summed E-state index contributed by atoms with van der Waals surface area (Å²) < 4.78 is 0. The van der Waals surface area contributed by atoms with Crippen molar-refractivity contribution in [3.63, 3.8) is 0 Å². The molecule has 0 aliphatic carbocycles. The number of urea groups is 1. The van der Waals surface area contributed by atoms with Gasteiger partial charge >= 0.3 is 6.03 Å². The lowest BCUT2D eigenvalue weighted by molar-refractivity contribution is -0.131. The zero-order valence-corrected chi connectivity index (χ0v) is 12.1. The molecule has 6 nitrogen and oxygen atoms in total. The second kappa shape index (κ2) is 7.52. The van der Waals surface area contributed by atoms with E-state index in [1.807, 2.05) is 23.1 Å². The van der Waals surface area contributed by atoms with Gasteiger partial charge in [-0.2, -0.15) is 0 Å². The number of hydrogen-bond donors (Lipinski definition) is 2. The Morgan fingerprint density at radius 3 is 2.38 bits per heavy atom. The van der Waals surface area contributed by atoms with Crippen LogP contribution < -0.4 is 16.0 Å². The Morgan fingerprint density at radius 2 is 1.76 bits per heavy atom. The van der Waals surface area contributed by atoms with Gasteiger partial charge in [0, 0.05) is 44.8 Å². The van der Waals surface area contributed by atoms with Gasteiger partial charge in [-0.25, -0.2) is 4.79 Å². The number of nitrogens with two attached hydrogens (primary N) is 1. The average molecular weight is 290 g/mol. The van der Waals surface area contributed by atoms with Crippen molar-refractivity contribution >= 4 is 17.6 Å². The molecule has 0 radical (unpaired) electrons. The van der Waals surface area contributed by atoms with Crippen LogP contribution in [0.5, 0.6) is 0 Å². The number of benzene rings is 1. The summed E-state index contributed by atoms with van der Waals surface area (Å²) in [5.41, 5.74) is 6.18. The van der Waals surface area contributed by atoms with E-state index in [0.29, 0.717) is 19.4 Å². The molecule has 1 aliphatic rings. The van der Waals surface area contributed by atoms with Crippen LogP contribution in [-0.2, 0) is 4.79 Å². The number of piperazine rings is 1. The Bertz CT molecular complexity index is 470. The van der Waals surface area contributed by atoms with Gasteiger partial charge in [-0.15, -0.1) is 0 Å². The molecule has 0 atom stereocenters. The van der Waals surface area contributed by atoms with Crippen molar-refractivity contribution < 1.29 is 9.59 Å². The summed E-state index contributed by atoms with van der Waals surface area (Å²) in [6.45, 7) is 3.66. The molecule has 0 unspecified atom stereocenters. The predicted molar refractivity (Wildman–Crippen MR) is 82.1 cm³/mol. The van der Waals surface area contributed by atoms with Gasteiger partial charge in [-0.3, -0.25) is 4.79 Å². The summed E-state index contributed by atoms with van der Waals surface area (Å²) in [4.78, 5) is 26.8. The number of rotatable bonds is 5. The maximum Gasteiger partial charge on any atom is 0.312 e. The van der Waals surface area contributed by atoms with E-state index < -0.39 is 6.03 Å². The van der Waals surface area contributed by atoms with Gasteiger partial charge in [-0.05, 0) is 18.6 Å². The molecule has 6 heteroatoms. The molecule has 0 bridgehead atoms. The Kier molecular flexibility index (Phi) is 5.43. The molecular formula is C15H22N4O2. The van der Waals surface area contributed by atoms with Gasteiger partial charge < -0.3 is 20.9 Å². The van der Waals surface area contributed by atoms with E-state index in [1.165, 1.54) is 5.69 Å². The van der Waals surface area contributed by atoms with Gasteiger partial charge in [0.15, 0.2) is 0 Å². The van der Waals surface area contributed by atoms with Gasteiger partial charge in [0.25, 0.3) is 0 Å². The molecule has 1 heterocycles. The van der Waals surface area contributed by atoms with E-state index in [-0.39, 0.29) is 5.91 Å². The Balaban J connectivity index is 1.71. The number of hydrogen-bond acceptors (Lipinski definition) is 3. The topological polar surface area (TPSA) is 78.7 Å². The number of carbonyl (C=O) groups excluding carboxylic acids is 2. The Labute approximate surface area is 124 Å². The third kappa shape index (κ3) is 4.66. The smallest absolute Gasteiger partial charge is 0.312 e. The summed E-state index contributed by atoms with van der Waals surface area (Å²) >= 11 is 0.